The van der Waals surface area contributed by atoms with E-state index in [1.54, 1.807) is 11.8 Å². The Balaban J connectivity index is 1.54. The van der Waals surface area contributed by atoms with Crippen LogP contribution in [0.4, 0.5) is 5.69 Å². The van der Waals surface area contributed by atoms with Gasteiger partial charge in [0.2, 0.25) is 5.91 Å². The van der Waals surface area contributed by atoms with Crippen molar-refractivity contribution in [3.05, 3.63) is 41.8 Å². The topological polar surface area (TPSA) is 46.3 Å². The van der Waals surface area contributed by atoms with Gasteiger partial charge < -0.3 is 9.42 Å². The summed E-state index contributed by atoms with van der Waals surface area (Å²) in [4.78, 5) is 15.3. The summed E-state index contributed by atoms with van der Waals surface area (Å²) in [5.74, 6) is 1.92. The Kier molecular flexibility index (Phi) is 4.12. The standard InChI is InChI=1S/C18H20N2O2S/c21-18-12-23-17-9-5-4-8-16(17)20(18)11-14-10-15(19-22-14)13-6-2-1-3-7-13/h4-5,8-10,13H,1-3,6-7,11-12H2. The molecule has 0 N–H and O–H groups in total. The van der Waals surface area contributed by atoms with Gasteiger partial charge >= 0.3 is 0 Å². The summed E-state index contributed by atoms with van der Waals surface area (Å²) < 4.78 is 5.53. The van der Waals surface area contributed by atoms with Crippen molar-refractivity contribution in [3.63, 3.8) is 0 Å². The van der Waals surface area contributed by atoms with Crippen LogP contribution < -0.4 is 4.90 Å². The molecule has 0 unspecified atom stereocenters. The fraction of sp³-hybridized carbons (Fsp3) is 0.444. The molecule has 1 saturated carbocycles. The molecule has 2 aromatic rings. The average Bonchev–Trinajstić information content (AvgIpc) is 3.07. The molecule has 0 bridgehead atoms. The molecule has 2 aliphatic rings. The van der Waals surface area contributed by atoms with Gasteiger partial charge in [-0.3, -0.25) is 4.79 Å². The van der Waals surface area contributed by atoms with Gasteiger partial charge in [0.15, 0.2) is 5.76 Å². The van der Waals surface area contributed by atoms with Crippen LogP contribution in [0.15, 0.2) is 39.8 Å². The molecule has 1 aromatic heterocycles. The number of rotatable bonds is 3. The second kappa shape index (κ2) is 6.40. The molecule has 1 aromatic carbocycles. The van der Waals surface area contributed by atoms with Gasteiger partial charge in [-0.25, -0.2) is 0 Å². The zero-order valence-electron chi connectivity index (χ0n) is 13.0. The highest BCUT2D eigenvalue weighted by Gasteiger charge is 2.26. The van der Waals surface area contributed by atoms with Crippen molar-refractivity contribution < 1.29 is 9.32 Å². The molecule has 1 amide bonds. The van der Waals surface area contributed by atoms with Crippen LogP contribution in [0, 0.1) is 0 Å². The summed E-state index contributed by atoms with van der Waals surface area (Å²) in [6, 6.07) is 10.1. The number of anilines is 1. The molecule has 1 aliphatic carbocycles. The Hall–Kier alpha value is -1.75. The SMILES string of the molecule is O=C1CSc2ccccc2N1Cc1cc(C2CCCCC2)no1. The summed E-state index contributed by atoms with van der Waals surface area (Å²) in [7, 11) is 0. The van der Waals surface area contributed by atoms with Crippen molar-refractivity contribution >= 4 is 23.4 Å². The van der Waals surface area contributed by atoms with E-state index in [4.69, 9.17) is 4.52 Å². The Morgan fingerprint density at radius 3 is 2.91 bits per heavy atom. The Morgan fingerprint density at radius 2 is 2.04 bits per heavy atom. The van der Waals surface area contributed by atoms with E-state index in [-0.39, 0.29) is 5.91 Å². The van der Waals surface area contributed by atoms with Crippen LogP contribution in [0.2, 0.25) is 0 Å². The van der Waals surface area contributed by atoms with E-state index in [1.165, 1.54) is 32.1 Å². The number of para-hydroxylation sites is 1. The zero-order valence-corrected chi connectivity index (χ0v) is 13.8. The van der Waals surface area contributed by atoms with Gasteiger partial charge in [0.1, 0.15) is 0 Å². The third-order valence-corrected chi connectivity index (χ3v) is 5.77. The number of thioether (sulfide) groups is 1. The normalized spacial score (nSPS) is 19.0. The van der Waals surface area contributed by atoms with E-state index in [2.05, 4.69) is 11.2 Å². The first kappa shape index (κ1) is 14.8. The van der Waals surface area contributed by atoms with Crippen LogP contribution in [-0.2, 0) is 11.3 Å². The summed E-state index contributed by atoms with van der Waals surface area (Å²) in [5, 5.41) is 4.27. The highest BCUT2D eigenvalue weighted by Crippen LogP contribution is 2.36. The van der Waals surface area contributed by atoms with E-state index in [0.717, 1.165) is 22.0 Å². The second-order valence-electron chi connectivity index (χ2n) is 6.29. The van der Waals surface area contributed by atoms with E-state index < -0.39 is 0 Å². The van der Waals surface area contributed by atoms with Gasteiger partial charge in [-0.15, -0.1) is 11.8 Å². The number of carbonyl (C=O) groups excluding carboxylic acids is 1. The second-order valence-corrected chi connectivity index (χ2v) is 7.31. The molecular formula is C18H20N2O2S. The number of fused-ring (bicyclic) bond motifs is 1. The van der Waals surface area contributed by atoms with Crippen LogP contribution in [0.5, 0.6) is 0 Å². The zero-order chi connectivity index (χ0) is 15.6. The van der Waals surface area contributed by atoms with Crippen molar-refractivity contribution in [3.8, 4) is 0 Å². The molecule has 23 heavy (non-hydrogen) atoms. The molecule has 5 heteroatoms. The van der Waals surface area contributed by atoms with Crippen molar-refractivity contribution in [2.24, 2.45) is 0 Å². The van der Waals surface area contributed by atoms with Gasteiger partial charge in [0.25, 0.3) is 0 Å². The lowest BCUT2D eigenvalue weighted by Gasteiger charge is -2.27. The summed E-state index contributed by atoms with van der Waals surface area (Å²) in [5.41, 5.74) is 2.04. The quantitative estimate of drug-likeness (QED) is 0.840. The number of amides is 1. The maximum absolute atomic E-state index is 12.3. The molecule has 120 valence electrons. The first-order valence-electron chi connectivity index (χ1n) is 8.29. The minimum Gasteiger partial charge on any atom is -0.359 e. The number of nitrogens with zero attached hydrogens (tertiary/aromatic N) is 2. The first-order valence-corrected chi connectivity index (χ1v) is 9.27. The van der Waals surface area contributed by atoms with E-state index in [0.29, 0.717) is 18.2 Å². The van der Waals surface area contributed by atoms with E-state index >= 15 is 0 Å². The number of hydrogen-bond acceptors (Lipinski definition) is 4. The average molecular weight is 328 g/mol. The van der Waals surface area contributed by atoms with Gasteiger partial charge in [-0.1, -0.05) is 36.6 Å². The minimum atomic E-state index is 0.129. The van der Waals surface area contributed by atoms with Crippen LogP contribution in [-0.4, -0.2) is 16.8 Å². The molecular weight excluding hydrogens is 308 g/mol. The van der Waals surface area contributed by atoms with Crippen LogP contribution in [0.3, 0.4) is 0 Å². The molecule has 4 nitrogen and oxygen atoms in total. The van der Waals surface area contributed by atoms with Crippen molar-refractivity contribution in [2.75, 3.05) is 10.7 Å². The maximum atomic E-state index is 12.3. The van der Waals surface area contributed by atoms with Crippen LogP contribution in [0.1, 0.15) is 49.5 Å². The van der Waals surface area contributed by atoms with Crippen LogP contribution in [0.25, 0.3) is 0 Å². The highest BCUT2D eigenvalue weighted by atomic mass is 32.2. The number of aromatic nitrogens is 1. The Bertz CT molecular complexity index is 707. The summed E-state index contributed by atoms with van der Waals surface area (Å²) in [6.45, 7) is 0.468. The first-order chi connectivity index (χ1) is 11.3. The lowest BCUT2D eigenvalue weighted by molar-refractivity contribution is -0.116. The number of hydrogen-bond donors (Lipinski definition) is 0. The lowest BCUT2D eigenvalue weighted by atomic mass is 9.87. The van der Waals surface area contributed by atoms with Crippen LogP contribution >= 0.6 is 11.8 Å². The third kappa shape index (κ3) is 3.02. The van der Waals surface area contributed by atoms with Crippen molar-refractivity contribution in [1.82, 2.24) is 5.16 Å². The van der Waals surface area contributed by atoms with Crippen molar-refractivity contribution in [1.29, 1.82) is 0 Å². The molecule has 0 spiro atoms. The predicted octanol–water partition coefficient (Wildman–Crippen LogP) is 4.36. The van der Waals surface area contributed by atoms with Gasteiger partial charge in [0.05, 0.1) is 23.7 Å². The Labute approximate surface area is 140 Å². The monoisotopic (exact) mass is 328 g/mol. The highest BCUT2D eigenvalue weighted by molar-refractivity contribution is 8.00. The largest absolute Gasteiger partial charge is 0.359 e. The smallest absolute Gasteiger partial charge is 0.237 e. The summed E-state index contributed by atoms with van der Waals surface area (Å²) >= 11 is 1.60. The molecule has 4 rings (SSSR count). The Morgan fingerprint density at radius 1 is 1.22 bits per heavy atom. The number of carbonyl (C=O) groups is 1. The number of benzene rings is 1. The van der Waals surface area contributed by atoms with Gasteiger partial charge in [-0.2, -0.15) is 0 Å². The summed E-state index contributed by atoms with van der Waals surface area (Å²) in [6.07, 6.45) is 6.30. The molecule has 1 aliphatic heterocycles. The third-order valence-electron chi connectivity index (χ3n) is 4.72. The molecule has 0 atom stereocenters. The fourth-order valence-corrected chi connectivity index (χ4v) is 4.41. The minimum absolute atomic E-state index is 0.129. The molecule has 0 radical (unpaired) electrons. The van der Waals surface area contributed by atoms with Gasteiger partial charge in [-0.05, 0) is 25.0 Å². The van der Waals surface area contributed by atoms with Gasteiger partial charge in [0, 0.05) is 16.9 Å². The molecule has 0 saturated heterocycles. The maximum Gasteiger partial charge on any atom is 0.237 e. The van der Waals surface area contributed by atoms with E-state index in [1.807, 2.05) is 29.2 Å². The molecule has 1 fully saturated rings. The lowest BCUT2D eigenvalue weighted by Crippen LogP contribution is -2.34. The predicted molar refractivity (Wildman–Crippen MR) is 90.7 cm³/mol. The van der Waals surface area contributed by atoms with Crippen molar-refractivity contribution in [2.45, 2.75) is 49.5 Å². The fourth-order valence-electron chi connectivity index (χ4n) is 3.48. The molecule has 2 heterocycles. The van der Waals surface area contributed by atoms with E-state index in [9.17, 15) is 4.79 Å².